The summed E-state index contributed by atoms with van der Waals surface area (Å²) in [7, 11) is 5.78. The summed E-state index contributed by atoms with van der Waals surface area (Å²) < 4.78 is 7.45. The zero-order valence-corrected chi connectivity index (χ0v) is 14.4. The van der Waals surface area contributed by atoms with Crippen LogP contribution in [0.1, 0.15) is 58.2 Å². The molecule has 21 heavy (non-hydrogen) atoms. The number of aromatic nitrogens is 2. The van der Waals surface area contributed by atoms with Gasteiger partial charge in [-0.25, -0.2) is 0 Å². The van der Waals surface area contributed by atoms with E-state index in [0.717, 1.165) is 11.7 Å². The Morgan fingerprint density at radius 3 is 2.38 bits per heavy atom. The number of nitrogens with one attached hydrogen (secondary N) is 1. The van der Waals surface area contributed by atoms with E-state index in [-0.39, 0.29) is 0 Å². The molecule has 1 aliphatic rings. The van der Waals surface area contributed by atoms with Crippen molar-refractivity contribution in [2.75, 3.05) is 14.2 Å². The van der Waals surface area contributed by atoms with Crippen molar-refractivity contribution in [2.45, 2.75) is 52.5 Å². The Bertz CT molecular complexity index is 453. The van der Waals surface area contributed by atoms with Crippen molar-refractivity contribution in [3.8, 4) is 5.75 Å². The topological polar surface area (TPSA) is 39.1 Å². The van der Waals surface area contributed by atoms with Gasteiger partial charge in [-0.05, 0) is 50.0 Å². The van der Waals surface area contributed by atoms with Crippen LogP contribution in [0.2, 0.25) is 0 Å². The highest BCUT2D eigenvalue weighted by atomic mass is 16.5. The molecule has 1 saturated carbocycles. The van der Waals surface area contributed by atoms with Crippen LogP contribution in [0.3, 0.4) is 0 Å². The second-order valence-electron chi connectivity index (χ2n) is 7.47. The van der Waals surface area contributed by atoms with Crippen LogP contribution in [0.25, 0.3) is 0 Å². The number of nitrogens with zero attached hydrogens (tertiary/aromatic N) is 2. The van der Waals surface area contributed by atoms with Crippen molar-refractivity contribution in [1.82, 2.24) is 15.1 Å². The second kappa shape index (κ2) is 6.39. The maximum atomic E-state index is 5.49. The lowest BCUT2D eigenvalue weighted by Crippen LogP contribution is -2.33. The standard InChI is InChI=1S/C17H31N3O/c1-17(2,3)13-9-7-12(8-10-13)15(18-4)16-14(21-6)11-19-20(16)5/h11-13,15,18H,7-10H2,1-6H3. The van der Waals surface area contributed by atoms with Crippen LogP contribution in [-0.2, 0) is 7.05 Å². The van der Waals surface area contributed by atoms with Crippen molar-refractivity contribution < 1.29 is 4.74 Å². The number of hydrogen-bond donors (Lipinski definition) is 1. The summed E-state index contributed by atoms with van der Waals surface area (Å²) in [5, 5.41) is 7.86. The highest BCUT2D eigenvalue weighted by molar-refractivity contribution is 5.28. The molecule has 0 radical (unpaired) electrons. The number of ether oxygens (including phenoxy) is 1. The van der Waals surface area contributed by atoms with E-state index in [4.69, 9.17) is 4.74 Å². The third-order valence-corrected chi connectivity index (χ3v) is 5.24. The van der Waals surface area contributed by atoms with E-state index in [1.165, 1.54) is 31.4 Å². The van der Waals surface area contributed by atoms with Crippen molar-refractivity contribution in [2.24, 2.45) is 24.3 Å². The second-order valence-corrected chi connectivity index (χ2v) is 7.47. The molecule has 4 nitrogen and oxygen atoms in total. The molecular formula is C17H31N3O. The minimum absolute atomic E-state index is 0.327. The third kappa shape index (κ3) is 3.42. The van der Waals surface area contributed by atoms with Crippen LogP contribution < -0.4 is 10.1 Å². The summed E-state index contributed by atoms with van der Waals surface area (Å²) in [5.74, 6) is 2.41. The molecule has 1 unspecified atom stereocenters. The van der Waals surface area contributed by atoms with Crippen molar-refractivity contribution >= 4 is 0 Å². The Hall–Kier alpha value is -1.03. The van der Waals surface area contributed by atoms with Gasteiger partial charge in [0.1, 0.15) is 0 Å². The summed E-state index contributed by atoms with van der Waals surface area (Å²) in [4.78, 5) is 0. The minimum Gasteiger partial charge on any atom is -0.493 e. The zero-order chi connectivity index (χ0) is 15.6. The molecule has 1 atom stereocenters. The Kier molecular flexibility index (Phi) is 4.97. The molecule has 0 spiro atoms. The fraction of sp³-hybridized carbons (Fsp3) is 0.824. The summed E-state index contributed by atoms with van der Waals surface area (Å²) >= 11 is 0. The molecule has 1 aliphatic carbocycles. The molecule has 0 amide bonds. The van der Waals surface area contributed by atoms with Gasteiger partial charge >= 0.3 is 0 Å². The Morgan fingerprint density at radius 1 is 1.29 bits per heavy atom. The van der Waals surface area contributed by atoms with Crippen LogP contribution in [0.15, 0.2) is 6.20 Å². The first-order valence-electron chi connectivity index (χ1n) is 8.11. The van der Waals surface area contributed by atoms with Gasteiger partial charge in [-0.3, -0.25) is 4.68 Å². The Labute approximate surface area is 129 Å². The maximum absolute atomic E-state index is 5.49. The van der Waals surface area contributed by atoms with Gasteiger partial charge in [0.25, 0.3) is 0 Å². The molecule has 1 heterocycles. The summed E-state index contributed by atoms with van der Waals surface area (Å²) in [5.41, 5.74) is 1.61. The van der Waals surface area contributed by atoms with Crippen LogP contribution in [0.4, 0.5) is 0 Å². The molecule has 0 aromatic carbocycles. The van der Waals surface area contributed by atoms with Gasteiger partial charge in [0.2, 0.25) is 0 Å². The molecular weight excluding hydrogens is 262 g/mol. The quantitative estimate of drug-likeness (QED) is 0.923. The van der Waals surface area contributed by atoms with Crippen molar-refractivity contribution in [3.63, 3.8) is 0 Å². The molecule has 2 rings (SSSR count). The summed E-state index contributed by atoms with van der Waals surface area (Å²) in [6.45, 7) is 7.12. The predicted molar refractivity (Wildman–Crippen MR) is 86.5 cm³/mol. The van der Waals surface area contributed by atoms with E-state index in [1.807, 2.05) is 25.0 Å². The van der Waals surface area contributed by atoms with E-state index < -0.39 is 0 Å². The van der Waals surface area contributed by atoms with Gasteiger partial charge < -0.3 is 10.1 Å². The fourth-order valence-corrected chi connectivity index (χ4v) is 3.85. The molecule has 4 heteroatoms. The monoisotopic (exact) mass is 293 g/mol. The summed E-state index contributed by atoms with van der Waals surface area (Å²) in [6.07, 6.45) is 7.03. The largest absolute Gasteiger partial charge is 0.493 e. The van der Waals surface area contributed by atoms with E-state index in [0.29, 0.717) is 17.4 Å². The molecule has 1 aromatic rings. The lowest BCUT2D eigenvalue weighted by molar-refractivity contribution is 0.132. The minimum atomic E-state index is 0.327. The van der Waals surface area contributed by atoms with Crippen molar-refractivity contribution in [3.05, 3.63) is 11.9 Å². The summed E-state index contributed by atoms with van der Waals surface area (Å²) in [6, 6.07) is 0.327. The van der Waals surface area contributed by atoms with Gasteiger partial charge in [-0.1, -0.05) is 20.8 Å². The molecule has 0 saturated heterocycles. The van der Waals surface area contributed by atoms with Crippen LogP contribution in [0, 0.1) is 17.3 Å². The third-order valence-electron chi connectivity index (χ3n) is 5.24. The smallest absolute Gasteiger partial charge is 0.161 e. The molecule has 0 aliphatic heterocycles. The lowest BCUT2D eigenvalue weighted by atomic mass is 9.68. The normalized spacial score (nSPS) is 24.9. The van der Waals surface area contributed by atoms with Crippen molar-refractivity contribution in [1.29, 1.82) is 0 Å². The molecule has 1 N–H and O–H groups in total. The molecule has 120 valence electrons. The molecule has 0 bridgehead atoms. The van der Waals surface area contributed by atoms with Crippen LogP contribution in [-0.4, -0.2) is 23.9 Å². The average molecular weight is 293 g/mol. The molecule has 1 aromatic heterocycles. The Morgan fingerprint density at radius 2 is 1.90 bits per heavy atom. The number of aryl methyl sites for hydroxylation is 1. The lowest BCUT2D eigenvalue weighted by Gasteiger charge is -2.39. The number of rotatable bonds is 4. The van der Waals surface area contributed by atoms with E-state index in [1.54, 1.807) is 7.11 Å². The first-order valence-corrected chi connectivity index (χ1v) is 8.11. The molecule has 1 fully saturated rings. The number of hydrogen-bond acceptors (Lipinski definition) is 3. The first kappa shape index (κ1) is 16.3. The predicted octanol–water partition coefficient (Wildman–Crippen LogP) is 3.54. The van der Waals surface area contributed by atoms with Crippen LogP contribution in [0.5, 0.6) is 5.75 Å². The average Bonchev–Trinajstić information content (AvgIpc) is 2.81. The van der Waals surface area contributed by atoms with E-state index >= 15 is 0 Å². The van der Waals surface area contributed by atoms with Gasteiger partial charge in [0.05, 0.1) is 25.0 Å². The number of methoxy groups -OCH3 is 1. The van der Waals surface area contributed by atoms with Gasteiger partial charge in [0, 0.05) is 7.05 Å². The highest BCUT2D eigenvalue weighted by Gasteiger charge is 2.34. The zero-order valence-electron chi connectivity index (χ0n) is 14.4. The van der Waals surface area contributed by atoms with E-state index in [9.17, 15) is 0 Å². The maximum Gasteiger partial charge on any atom is 0.161 e. The van der Waals surface area contributed by atoms with E-state index in [2.05, 4.69) is 31.2 Å². The van der Waals surface area contributed by atoms with Gasteiger partial charge in [0.15, 0.2) is 5.75 Å². The van der Waals surface area contributed by atoms with Gasteiger partial charge in [-0.2, -0.15) is 5.10 Å². The van der Waals surface area contributed by atoms with Gasteiger partial charge in [-0.15, -0.1) is 0 Å². The first-order chi connectivity index (χ1) is 9.88. The Balaban J connectivity index is 2.11. The SMILES string of the molecule is CNC(c1c(OC)cnn1C)C1CCC(C(C)(C)C)CC1. The van der Waals surface area contributed by atoms with Crippen LogP contribution >= 0.6 is 0 Å². The fourth-order valence-electron chi connectivity index (χ4n) is 3.85. The highest BCUT2D eigenvalue weighted by Crippen LogP contribution is 2.44.